The van der Waals surface area contributed by atoms with Crippen molar-refractivity contribution in [1.29, 1.82) is 0 Å². The first-order valence-electron chi connectivity index (χ1n) is 9.97. The predicted molar refractivity (Wildman–Crippen MR) is 113 cm³/mol. The van der Waals surface area contributed by atoms with Gasteiger partial charge in [-0.3, -0.25) is 9.59 Å². The fourth-order valence-corrected chi connectivity index (χ4v) is 3.15. The maximum atomic E-state index is 12.9. The molecular formula is C21H30N4O5. The SMILES string of the molecule is CC[C@H](C)[C@H](NC(=O)[C@@H](N)[C@@H](C)O)C(=O)N[C@@H](Cc1c[nH]c2ccccc12)C(=O)O. The lowest BCUT2D eigenvalue weighted by atomic mass is 9.96. The number of carbonyl (C=O) groups is 3. The van der Waals surface area contributed by atoms with Crippen molar-refractivity contribution >= 4 is 28.7 Å². The van der Waals surface area contributed by atoms with Crippen molar-refractivity contribution in [2.45, 2.75) is 57.8 Å². The molecule has 0 saturated heterocycles. The van der Waals surface area contributed by atoms with Crippen molar-refractivity contribution in [1.82, 2.24) is 15.6 Å². The van der Waals surface area contributed by atoms with Crippen molar-refractivity contribution < 1.29 is 24.6 Å². The number of carbonyl (C=O) groups excluding carboxylic acids is 2. The molecule has 164 valence electrons. The highest BCUT2D eigenvalue weighted by Crippen LogP contribution is 2.19. The molecule has 0 aliphatic rings. The molecule has 2 amide bonds. The van der Waals surface area contributed by atoms with Crippen LogP contribution >= 0.6 is 0 Å². The summed E-state index contributed by atoms with van der Waals surface area (Å²) in [5.74, 6) is -2.72. The Bertz CT molecular complexity index is 894. The molecule has 1 heterocycles. The van der Waals surface area contributed by atoms with Crippen molar-refractivity contribution in [3.63, 3.8) is 0 Å². The van der Waals surface area contributed by atoms with Crippen LogP contribution in [0.15, 0.2) is 30.5 Å². The number of amides is 2. The summed E-state index contributed by atoms with van der Waals surface area (Å²) >= 11 is 0. The Morgan fingerprint density at radius 1 is 1.13 bits per heavy atom. The van der Waals surface area contributed by atoms with E-state index in [9.17, 15) is 24.6 Å². The Labute approximate surface area is 175 Å². The molecule has 5 atom stereocenters. The van der Waals surface area contributed by atoms with Crippen molar-refractivity contribution in [3.05, 3.63) is 36.0 Å². The van der Waals surface area contributed by atoms with Gasteiger partial charge in [0.2, 0.25) is 11.8 Å². The van der Waals surface area contributed by atoms with E-state index in [-0.39, 0.29) is 12.3 Å². The minimum atomic E-state index is -1.19. The molecule has 1 aromatic carbocycles. The molecule has 9 heteroatoms. The number of carboxylic acid groups (broad SMARTS) is 1. The van der Waals surface area contributed by atoms with Crippen molar-refractivity contribution in [2.24, 2.45) is 11.7 Å². The molecule has 0 radical (unpaired) electrons. The minimum Gasteiger partial charge on any atom is -0.480 e. The minimum absolute atomic E-state index is 0.0828. The van der Waals surface area contributed by atoms with E-state index in [4.69, 9.17) is 5.73 Å². The van der Waals surface area contributed by atoms with Gasteiger partial charge in [0.15, 0.2) is 0 Å². The van der Waals surface area contributed by atoms with Crippen LogP contribution in [-0.4, -0.2) is 57.2 Å². The highest BCUT2D eigenvalue weighted by molar-refractivity contribution is 5.92. The highest BCUT2D eigenvalue weighted by atomic mass is 16.4. The first kappa shape index (κ1) is 23.4. The highest BCUT2D eigenvalue weighted by Gasteiger charge is 2.32. The van der Waals surface area contributed by atoms with Gasteiger partial charge in [0.25, 0.3) is 0 Å². The van der Waals surface area contributed by atoms with Gasteiger partial charge in [-0.2, -0.15) is 0 Å². The zero-order valence-electron chi connectivity index (χ0n) is 17.4. The van der Waals surface area contributed by atoms with Crippen molar-refractivity contribution in [3.8, 4) is 0 Å². The fraction of sp³-hybridized carbons (Fsp3) is 0.476. The van der Waals surface area contributed by atoms with Crippen LogP contribution in [0.3, 0.4) is 0 Å². The van der Waals surface area contributed by atoms with Gasteiger partial charge < -0.3 is 31.6 Å². The van der Waals surface area contributed by atoms with E-state index in [0.717, 1.165) is 16.5 Å². The van der Waals surface area contributed by atoms with Crippen LogP contribution in [0.25, 0.3) is 10.9 Å². The number of aromatic nitrogens is 1. The monoisotopic (exact) mass is 418 g/mol. The summed E-state index contributed by atoms with van der Waals surface area (Å²) in [4.78, 5) is 40.0. The summed E-state index contributed by atoms with van der Waals surface area (Å²) in [6.07, 6.45) is 1.30. The normalized spacial score (nSPS) is 16.3. The third kappa shape index (κ3) is 5.58. The second-order valence-electron chi connectivity index (χ2n) is 7.60. The largest absolute Gasteiger partial charge is 0.480 e. The number of carboxylic acids is 1. The van der Waals surface area contributed by atoms with Gasteiger partial charge in [-0.1, -0.05) is 38.5 Å². The average Bonchev–Trinajstić information content (AvgIpc) is 3.12. The van der Waals surface area contributed by atoms with E-state index < -0.39 is 42.0 Å². The van der Waals surface area contributed by atoms with Crippen LogP contribution in [0.5, 0.6) is 0 Å². The van der Waals surface area contributed by atoms with Gasteiger partial charge in [-0.15, -0.1) is 0 Å². The Hall–Kier alpha value is -2.91. The number of H-pyrrole nitrogens is 1. The number of hydrogen-bond donors (Lipinski definition) is 6. The number of nitrogens with two attached hydrogens (primary N) is 1. The number of rotatable bonds is 10. The van der Waals surface area contributed by atoms with E-state index in [2.05, 4.69) is 15.6 Å². The van der Waals surface area contributed by atoms with Gasteiger partial charge >= 0.3 is 5.97 Å². The average molecular weight is 418 g/mol. The Morgan fingerprint density at radius 2 is 1.80 bits per heavy atom. The molecule has 0 spiro atoms. The predicted octanol–water partition coefficient (Wildman–Crippen LogP) is 0.519. The molecule has 7 N–H and O–H groups in total. The van der Waals surface area contributed by atoms with Gasteiger partial charge in [-0.25, -0.2) is 4.79 Å². The lowest BCUT2D eigenvalue weighted by Crippen LogP contribution is -2.58. The molecule has 1 aromatic heterocycles. The van der Waals surface area contributed by atoms with Crippen LogP contribution in [0, 0.1) is 5.92 Å². The zero-order valence-corrected chi connectivity index (χ0v) is 17.4. The fourth-order valence-electron chi connectivity index (χ4n) is 3.15. The topological polar surface area (TPSA) is 158 Å². The third-order valence-electron chi connectivity index (χ3n) is 5.33. The standard InChI is InChI=1S/C21H30N4O5/c1-4-11(2)18(25-19(27)17(22)12(3)26)20(28)24-16(21(29)30)9-13-10-23-15-8-6-5-7-14(13)15/h5-8,10-12,16-18,23,26H,4,9,22H2,1-3H3,(H,24,28)(H,25,27)(H,29,30)/t11-,12+,16-,17-,18-/m0/s1. The van der Waals surface area contributed by atoms with Crippen LogP contribution in [-0.2, 0) is 20.8 Å². The molecule has 0 fully saturated rings. The van der Waals surface area contributed by atoms with Crippen LogP contribution in [0.4, 0.5) is 0 Å². The first-order valence-corrected chi connectivity index (χ1v) is 9.97. The van der Waals surface area contributed by atoms with E-state index in [1.807, 2.05) is 31.2 Å². The third-order valence-corrected chi connectivity index (χ3v) is 5.33. The molecule has 0 unspecified atom stereocenters. The molecule has 30 heavy (non-hydrogen) atoms. The number of hydrogen-bond acceptors (Lipinski definition) is 5. The molecule has 9 nitrogen and oxygen atoms in total. The van der Waals surface area contributed by atoms with E-state index in [0.29, 0.717) is 6.42 Å². The number of fused-ring (bicyclic) bond motifs is 1. The summed E-state index contributed by atoms with van der Waals surface area (Å²) in [6, 6.07) is 4.15. The Balaban J connectivity index is 2.17. The summed E-state index contributed by atoms with van der Waals surface area (Å²) in [5.41, 5.74) is 7.29. The second-order valence-corrected chi connectivity index (χ2v) is 7.60. The van der Waals surface area contributed by atoms with Crippen LogP contribution in [0.2, 0.25) is 0 Å². The number of para-hydroxylation sites is 1. The molecule has 0 aliphatic carbocycles. The van der Waals surface area contributed by atoms with Gasteiger partial charge in [-0.05, 0) is 24.5 Å². The van der Waals surface area contributed by atoms with Gasteiger partial charge in [0.05, 0.1) is 6.10 Å². The number of aliphatic hydroxyl groups is 1. The number of aliphatic carboxylic acids is 1. The molecule has 2 aromatic rings. The Morgan fingerprint density at radius 3 is 2.40 bits per heavy atom. The summed E-state index contributed by atoms with van der Waals surface area (Å²) < 4.78 is 0. The zero-order chi connectivity index (χ0) is 22.4. The molecule has 2 rings (SSSR count). The summed E-state index contributed by atoms with van der Waals surface area (Å²) in [7, 11) is 0. The first-order chi connectivity index (χ1) is 14.1. The second kappa shape index (κ2) is 10.2. The molecule has 0 aliphatic heterocycles. The maximum Gasteiger partial charge on any atom is 0.326 e. The van der Waals surface area contributed by atoms with E-state index in [1.165, 1.54) is 6.92 Å². The molecule has 0 bridgehead atoms. The van der Waals surface area contributed by atoms with Gasteiger partial charge in [0.1, 0.15) is 18.1 Å². The van der Waals surface area contributed by atoms with Gasteiger partial charge in [0, 0.05) is 23.5 Å². The number of aromatic amines is 1. The summed E-state index contributed by atoms with van der Waals surface area (Å²) in [6.45, 7) is 5.00. The molecule has 0 saturated carbocycles. The maximum absolute atomic E-state index is 12.9. The van der Waals surface area contributed by atoms with E-state index >= 15 is 0 Å². The Kier molecular flexibility index (Phi) is 7.96. The van der Waals surface area contributed by atoms with Crippen molar-refractivity contribution in [2.75, 3.05) is 0 Å². The number of aliphatic hydroxyl groups excluding tert-OH is 1. The lowest BCUT2D eigenvalue weighted by Gasteiger charge is -2.27. The van der Waals surface area contributed by atoms with Crippen LogP contribution < -0.4 is 16.4 Å². The smallest absolute Gasteiger partial charge is 0.326 e. The van der Waals surface area contributed by atoms with E-state index in [1.54, 1.807) is 13.1 Å². The quantitative estimate of drug-likeness (QED) is 0.330. The van der Waals surface area contributed by atoms with Crippen LogP contribution in [0.1, 0.15) is 32.8 Å². The number of nitrogens with one attached hydrogen (secondary N) is 3. The number of benzene rings is 1. The lowest BCUT2D eigenvalue weighted by molar-refractivity contribution is -0.142. The summed E-state index contributed by atoms with van der Waals surface area (Å²) in [5, 5.41) is 25.1. The molecular weight excluding hydrogens is 388 g/mol.